The number of anilines is 1. The summed E-state index contributed by atoms with van der Waals surface area (Å²) < 4.78 is 0. The number of carbonyl (C=O) groups is 1. The Bertz CT molecular complexity index is 489. The Morgan fingerprint density at radius 1 is 1.21 bits per heavy atom. The van der Waals surface area contributed by atoms with E-state index in [0.29, 0.717) is 0 Å². The maximum atomic E-state index is 12.4. The highest BCUT2D eigenvalue weighted by Crippen LogP contribution is 2.68. The third-order valence-corrected chi connectivity index (χ3v) is 4.99. The minimum absolute atomic E-state index is 0.0559. The first-order chi connectivity index (χ1) is 8.69. The lowest BCUT2D eigenvalue weighted by Crippen LogP contribution is -2.20. The summed E-state index contributed by atoms with van der Waals surface area (Å²) >= 11 is 0. The SMILES string of the molecule is CC(N)c1ccccc1NC(=O)C1C(C)(C)C1(C)C. The van der Waals surface area contributed by atoms with Crippen LogP contribution < -0.4 is 11.1 Å². The molecule has 1 saturated carbocycles. The molecule has 1 aliphatic carbocycles. The highest BCUT2D eigenvalue weighted by Gasteiger charge is 2.68. The predicted molar refractivity (Wildman–Crippen MR) is 78.7 cm³/mol. The summed E-state index contributed by atoms with van der Waals surface area (Å²) in [6, 6.07) is 7.66. The molecule has 104 valence electrons. The summed E-state index contributed by atoms with van der Waals surface area (Å²) in [5.74, 6) is 0.157. The van der Waals surface area contributed by atoms with Crippen LogP contribution in [0.25, 0.3) is 0 Å². The second-order valence-electron chi connectivity index (χ2n) is 6.74. The van der Waals surface area contributed by atoms with Gasteiger partial charge >= 0.3 is 0 Å². The Balaban J connectivity index is 2.18. The molecule has 0 bridgehead atoms. The van der Waals surface area contributed by atoms with Gasteiger partial charge in [-0.15, -0.1) is 0 Å². The van der Waals surface area contributed by atoms with Gasteiger partial charge in [-0.2, -0.15) is 0 Å². The van der Waals surface area contributed by atoms with E-state index >= 15 is 0 Å². The summed E-state index contributed by atoms with van der Waals surface area (Å²) in [4.78, 5) is 12.4. The van der Waals surface area contributed by atoms with Gasteiger partial charge in [-0.3, -0.25) is 4.79 Å². The fourth-order valence-electron chi connectivity index (χ4n) is 3.06. The van der Waals surface area contributed by atoms with Crippen molar-refractivity contribution in [3.63, 3.8) is 0 Å². The molecule has 0 aromatic heterocycles. The van der Waals surface area contributed by atoms with Gasteiger partial charge in [0.1, 0.15) is 0 Å². The van der Waals surface area contributed by atoms with Gasteiger partial charge in [-0.25, -0.2) is 0 Å². The van der Waals surface area contributed by atoms with Crippen LogP contribution in [0.5, 0.6) is 0 Å². The van der Waals surface area contributed by atoms with Crippen LogP contribution in [-0.2, 0) is 4.79 Å². The molecule has 2 rings (SSSR count). The fraction of sp³-hybridized carbons (Fsp3) is 0.562. The number of benzene rings is 1. The summed E-state index contributed by atoms with van der Waals surface area (Å²) in [5, 5.41) is 3.05. The third kappa shape index (κ3) is 2.16. The Morgan fingerprint density at radius 3 is 2.21 bits per heavy atom. The summed E-state index contributed by atoms with van der Waals surface area (Å²) in [6.45, 7) is 10.5. The van der Waals surface area contributed by atoms with E-state index < -0.39 is 0 Å². The molecular formula is C16H24N2O. The van der Waals surface area contributed by atoms with Crippen LogP contribution in [0.4, 0.5) is 5.69 Å². The van der Waals surface area contributed by atoms with E-state index in [4.69, 9.17) is 5.73 Å². The number of rotatable bonds is 3. The molecule has 1 fully saturated rings. The van der Waals surface area contributed by atoms with E-state index in [1.165, 1.54) is 0 Å². The molecule has 3 heteroatoms. The van der Waals surface area contributed by atoms with Crippen molar-refractivity contribution in [3.8, 4) is 0 Å². The van der Waals surface area contributed by atoms with Crippen molar-refractivity contribution >= 4 is 11.6 Å². The molecule has 1 unspecified atom stereocenters. The van der Waals surface area contributed by atoms with E-state index in [0.717, 1.165) is 11.3 Å². The predicted octanol–water partition coefficient (Wildman–Crippen LogP) is 3.33. The van der Waals surface area contributed by atoms with Crippen LogP contribution in [0.3, 0.4) is 0 Å². The van der Waals surface area contributed by atoms with Gasteiger partial charge in [-0.05, 0) is 29.4 Å². The molecule has 1 aliphatic rings. The molecule has 0 spiro atoms. The number of nitrogens with two attached hydrogens (primary N) is 1. The summed E-state index contributed by atoms with van der Waals surface area (Å²) in [7, 11) is 0. The van der Waals surface area contributed by atoms with Crippen LogP contribution in [0.1, 0.15) is 46.2 Å². The van der Waals surface area contributed by atoms with E-state index in [1.807, 2.05) is 31.2 Å². The van der Waals surface area contributed by atoms with E-state index in [-0.39, 0.29) is 28.7 Å². The van der Waals surface area contributed by atoms with Crippen molar-refractivity contribution in [1.29, 1.82) is 0 Å². The number of hydrogen-bond donors (Lipinski definition) is 2. The van der Waals surface area contributed by atoms with Crippen molar-refractivity contribution in [2.75, 3.05) is 5.32 Å². The monoisotopic (exact) mass is 260 g/mol. The quantitative estimate of drug-likeness (QED) is 0.876. The molecule has 1 aromatic carbocycles. The Kier molecular flexibility index (Phi) is 3.21. The molecule has 19 heavy (non-hydrogen) atoms. The van der Waals surface area contributed by atoms with Crippen LogP contribution in [0.15, 0.2) is 24.3 Å². The van der Waals surface area contributed by atoms with Gasteiger partial charge in [0.2, 0.25) is 5.91 Å². The zero-order valence-corrected chi connectivity index (χ0v) is 12.4. The molecular weight excluding hydrogens is 236 g/mol. The Labute approximate surface area is 115 Å². The molecule has 1 amide bonds. The summed E-state index contributed by atoms with van der Waals surface area (Å²) in [5.41, 5.74) is 7.86. The standard InChI is InChI=1S/C16H24N2O/c1-10(17)11-8-6-7-9-12(11)18-14(19)13-15(2,3)16(13,4)5/h6-10,13H,17H2,1-5H3,(H,18,19). The maximum absolute atomic E-state index is 12.4. The largest absolute Gasteiger partial charge is 0.326 e. The average Bonchev–Trinajstić information content (AvgIpc) is 2.69. The lowest BCUT2D eigenvalue weighted by molar-refractivity contribution is -0.118. The zero-order valence-electron chi connectivity index (χ0n) is 12.4. The van der Waals surface area contributed by atoms with Crippen LogP contribution in [0, 0.1) is 16.7 Å². The van der Waals surface area contributed by atoms with Crippen molar-refractivity contribution in [2.24, 2.45) is 22.5 Å². The van der Waals surface area contributed by atoms with Crippen LogP contribution >= 0.6 is 0 Å². The highest BCUT2D eigenvalue weighted by molar-refractivity contribution is 5.96. The van der Waals surface area contributed by atoms with Crippen molar-refractivity contribution in [2.45, 2.75) is 40.7 Å². The van der Waals surface area contributed by atoms with Gasteiger partial charge in [0.25, 0.3) is 0 Å². The van der Waals surface area contributed by atoms with Gasteiger partial charge in [0.15, 0.2) is 0 Å². The van der Waals surface area contributed by atoms with Gasteiger partial charge in [-0.1, -0.05) is 45.9 Å². The fourth-order valence-corrected chi connectivity index (χ4v) is 3.06. The van der Waals surface area contributed by atoms with Crippen LogP contribution in [0.2, 0.25) is 0 Å². The van der Waals surface area contributed by atoms with Gasteiger partial charge in [0.05, 0.1) is 0 Å². The minimum atomic E-state index is -0.0864. The number of para-hydroxylation sites is 1. The normalized spacial score (nSPS) is 21.8. The van der Waals surface area contributed by atoms with Gasteiger partial charge in [0, 0.05) is 17.6 Å². The summed E-state index contributed by atoms with van der Waals surface area (Å²) in [6.07, 6.45) is 0. The minimum Gasteiger partial charge on any atom is -0.326 e. The number of carbonyl (C=O) groups excluding carboxylic acids is 1. The molecule has 0 aliphatic heterocycles. The number of hydrogen-bond acceptors (Lipinski definition) is 2. The molecule has 3 N–H and O–H groups in total. The molecule has 0 radical (unpaired) electrons. The molecule has 3 nitrogen and oxygen atoms in total. The van der Waals surface area contributed by atoms with E-state index in [1.54, 1.807) is 0 Å². The second-order valence-corrected chi connectivity index (χ2v) is 6.74. The Morgan fingerprint density at radius 2 is 1.74 bits per heavy atom. The van der Waals surface area contributed by atoms with Crippen molar-refractivity contribution in [1.82, 2.24) is 0 Å². The molecule has 0 saturated heterocycles. The highest BCUT2D eigenvalue weighted by atomic mass is 16.2. The molecule has 1 atom stereocenters. The number of nitrogens with one attached hydrogen (secondary N) is 1. The number of amides is 1. The Hall–Kier alpha value is -1.35. The van der Waals surface area contributed by atoms with Crippen molar-refractivity contribution < 1.29 is 4.79 Å². The first kappa shape index (κ1) is 14.1. The van der Waals surface area contributed by atoms with E-state index in [2.05, 4.69) is 33.0 Å². The van der Waals surface area contributed by atoms with Crippen molar-refractivity contribution in [3.05, 3.63) is 29.8 Å². The van der Waals surface area contributed by atoms with Gasteiger partial charge < -0.3 is 11.1 Å². The lowest BCUT2D eigenvalue weighted by atomic mass is 10.0. The topological polar surface area (TPSA) is 55.1 Å². The zero-order chi connectivity index (χ0) is 14.4. The lowest BCUT2D eigenvalue weighted by Gasteiger charge is -2.14. The first-order valence-corrected chi connectivity index (χ1v) is 6.85. The van der Waals surface area contributed by atoms with Crippen LogP contribution in [-0.4, -0.2) is 5.91 Å². The maximum Gasteiger partial charge on any atom is 0.228 e. The second kappa shape index (κ2) is 4.34. The van der Waals surface area contributed by atoms with E-state index in [9.17, 15) is 4.79 Å². The molecule has 1 aromatic rings. The third-order valence-electron chi connectivity index (χ3n) is 4.99. The smallest absolute Gasteiger partial charge is 0.228 e. The average molecular weight is 260 g/mol. The molecule has 0 heterocycles. The first-order valence-electron chi connectivity index (χ1n) is 6.85.